The predicted octanol–water partition coefficient (Wildman–Crippen LogP) is 5.60. The number of carboxylic acid groups (broad SMARTS) is 2. The second kappa shape index (κ2) is 10.3. The monoisotopic (exact) mass is 578 g/mol. The van der Waals surface area contributed by atoms with Crippen molar-refractivity contribution in [3.05, 3.63) is 63.4 Å². The zero-order valence-corrected chi connectivity index (χ0v) is 21.8. The molecule has 0 aromatic heterocycles. The average Bonchev–Trinajstić information content (AvgIpc) is 3.23. The van der Waals surface area contributed by atoms with Crippen molar-refractivity contribution >= 4 is 46.7 Å². The van der Waals surface area contributed by atoms with Crippen LogP contribution in [0.25, 0.3) is 0 Å². The Balaban J connectivity index is 0.000000505. The maximum absolute atomic E-state index is 14.6. The lowest BCUT2D eigenvalue weighted by Gasteiger charge is -2.37. The average molecular weight is 579 g/mol. The van der Waals surface area contributed by atoms with E-state index in [0.717, 1.165) is 0 Å². The van der Waals surface area contributed by atoms with Gasteiger partial charge in [-0.3, -0.25) is 14.9 Å². The van der Waals surface area contributed by atoms with Crippen LogP contribution in [0.4, 0.5) is 23.2 Å². The number of hydrogen-bond acceptors (Lipinski definition) is 4. The molecule has 0 bridgehead atoms. The molecule has 0 saturated carbocycles. The van der Waals surface area contributed by atoms with E-state index in [1.165, 1.54) is 12.1 Å². The minimum atomic E-state index is -5.08. The second-order valence-corrected chi connectivity index (χ2v) is 11.1. The molecular weight excluding hydrogens is 555 g/mol. The number of rotatable bonds is 3. The van der Waals surface area contributed by atoms with Crippen LogP contribution >= 0.6 is 23.2 Å². The number of fused-ring (bicyclic) bond motifs is 2. The Labute approximate surface area is 225 Å². The number of carbonyl (C=O) groups excluding carboxylic acids is 1. The van der Waals surface area contributed by atoms with E-state index < -0.39 is 47.3 Å². The van der Waals surface area contributed by atoms with Gasteiger partial charge in [-0.1, -0.05) is 56.1 Å². The predicted molar refractivity (Wildman–Crippen MR) is 132 cm³/mol. The Morgan fingerprint density at radius 3 is 2.18 bits per heavy atom. The van der Waals surface area contributed by atoms with E-state index in [0.29, 0.717) is 28.3 Å². The largest absolute Gasteiger partial charge is 0.490 e. The fraction of sp³-hybridized carbons (Fsp3) is 0.400. The van der Waals surface area contributed by atoms with Crippen molar-refractivity contribution in [1.29, 1.82) is 0 Å². The van der Waals surface area contributed by atoms with Crippen molar-refractivity contribution in [3.63, 3.8) is 0 Å². The van der Waals surface area contributed by atoms with Crippen molar-refractivity contribution in [1.82, 2.24) is 5.32 Å². The fourth-order valence-electron chi connectivity index (χ4n) is 5.12. The highest BCUT2D eigenvalue weighted by Crippen LogP contribution is 2.57. The van der Waals surface area contributed by atoms with Crippen LogP contribution in [0.1, 0.15) is 44.2 Å². The van der Waals surface area contributed by atoms with Gasteiger partial charge >= 0.3 is 18.1 Å². The van der Waals surface area contributed by atoms with Gasteiger partial charge in [-0.25, -0.2) is 9.18 Å². The second-order valence-electron chi connectivity index (χ2n) is 10.3. The lowest BCUT2D eigenvalue weighted by molar-refractivity contribution is -0.192. The van der Waals surface area contributed by atoms with E-state index >= 15 is 0 Å². The third-order valence-corrected chi connectivity index (χ3v) is 6.94. The molecular formula is C25H24Cl2F4N2O5. The number of aliphatic carboxylic acids is 2. The van der Waals surface area contributed by atoms with E-state index in [4.69, 9.17) is 33.1 Å². The van der Waals surface area contributed by atoms with Crippen LogP contribution < -0.4 is 10.6 Å². The molecule has 1 spiro atoms. The molecule has 206 valence electrons. The number of anilines is 1. The van der Waals surface area contributed by atoms with E-state index in [-0.39, 0.29) is 16.3 Å². The third-order valence-electron chi connectivity index (χ3n) is 6.42. The van der Waals surface area contributed by atoms with Gasteiger partial charge in [0.2, 0.25) is 5.91 Å². The molecule has 2 aromatic rings. The summed E-state index contributed by atoms with van der Waals surface area (Å²) in [5.74, 6) is -5.68. The minimum Gasteiger partial charge on any atom is -0.480 e. The van der Waals surface area contributed by atoms with Gasteiger partial charge in [0.05, 0.1) is 5.02 Å². The van der Waals surface area contributed by atoms with Crippen LogP contribution in [0.2, 0.25) is 10.0 Å². The van der Waals surface area contributed by atoms with Gasteiger partial charge in [0.15, 0.2) is 0 Å². The summed E-state index contributed by atoms with van der Waals surface area (Å²) in [6.07, 6.45) is -4.59. The Morgan fingerprint density at radius 1 is 1.08 bits per heavy atom. The summed E-state index contributed by atoms with van der Waals surface area (Å²) in [6, 6.07) is 7.85. The molecule has 2 aliphatic heterocycles. The van der Waals surface area contributed by atoms with E-state index in [1.54, 1.807) is 24.3 Å². The zero-order chi connectivity index (χ0) is 28.8. The van der Waals surface area contributed by atoms with Crippen molar-refractivity contribution in [3.8, 4) is 0 Å². The SMILES string of the molecule is CC(C)(C)C[C@H]1N[C@@H](C(=O)O)[C@H](c2cccc(Cl)c2)[C@@]12C(=O)Nc1cc(Cl)c(F)cc12.O=C(O)C(F)(F)F. The number of halogens is 6. The highest BCUT2D eigenvalue weighted by Gasteiger charge is 2.66. The quantitative estimate of drug-likeness (QED) is 0.352. The normalized spacial score (nSPS) is 24.4. The molecule has 4 atom stereocenters. The number of carbonyl (C=O) groups is 3. The molecule has 1 saturated heterocycles. The Hall–Kier alpha value is -2.89. The molecule has 0 radical (unpaired) electrons. The molecule has 2 heterocycles. The van der Waals surface area contributed by atoms with Gasteiger partial charge in [0, 0.05) is 22.7 Å². The van der Waals surface area contributed by atoms with Gasteiger partial charge in [-0.05, 0) is 47.2 Å². The summed E-state index contributed by atoms with van der Waals surface area (Å²) < 4.78 is 46.4. The van der Waals surface area contributed by atoms with Gasteiger partial charge < -0.3 is 15.5 Å². The summed E-state index contributed by atoms with van der Waals surface area (Å²) in [7, 11) is 0. The van der Waals surface area contributed by atoms with Crippen LogP contribution in [-0.2, 0) is 19.8 Å². The standard InChI is InChI=1S/C23H23Cl2FN2O3.C2HF3O2/c1-22(2,3)10-17-23(13-8-15(26)14(25)9-16(13)27-21(23)31)18(19(28-17)20(29)30)11-5-4-6-12(24)7-11;3-2(4,5)1(6)7/h4-9,17-19,28H,10H2,1-3H3,(H,27,31)(H,29,30);(H,6,7)/t17-,18+,19-,23+;/m1./s1. The maximum Gasteiger partial charge on any atom is 0.490 e. The number of nitrogens with one attached hydrogen (secondary N) is 2. The Morgan fingerprint density at radius 2 is 1.68 bits per heavy atom. The van der Waals surface area contributed by atoms with Gasteiger partial charge in [0.1, 0.15) is 17.3 Å². The minimum absolute atomic E-state index is 0.108. The number of benzene rings is 2. The van der Waals surface area contributed by atoms with Gasteiger partial charge in [0.25, 0.3) is 0 Å². The van der Waals surface area contributed by atoms with E-state index in [2.05, 4.69) is 10.6 Å². The molecule has 4 N–H and O–H groups in total. The lowest BCUT2D eigenvalue weighted by Crippen LogP contribution is -2.49. The number of carboxylic acids is 2. The molecule has 13 heteroatoms. The first-order valence-corrected chi connectivity index (χ1v) is 12.0. The molecule has 4 rings (SSSR count). The Kier molecular flexibility index (Phi) is 8.08. The number of hydrogen-bond donors (Lipinski definition) is 4. The maximum atomic E-state index is 14.6. The first-order valence-electron chi connectivity index (χ1n) is 11.2. The van der Waals surface area contributed by atoms with Crippen LogP contribution in [-0.4, -0.2) is 46.3 Å². The molecule has 1 fully saturated rings. The van der Waals surface area contributed by atoms with Crippen LogP contribution in [0.15, 0.2) is 36.4 Å². The number of amides is 1. The highest BCUT2D eigenvalue weighted by molar-refractivity contribution is 6.31. The Bertz CT molecular complexity index is 1280. The summed E-state index contributed by atoms with van der Waals surface area (Å²) in [5, 5.41) is 23.6. The van der Waals surface area contributed by atoms with Crippen molar-refractivity contribution in [2.75, 3.05) is 5.32 Å². The van der Waals surface area contributed by atoms with Crippen LogP contribution in [0, 0.1) is 11.2 Å². The first kappa shape index (κ1) is 29.7. The molecule has 1 amide bonds. The van der Waals surface area contributed by atoms with Crippen LogP contribution in [0.3, 0.4) is 0 Å². The smallest absolute Gasteiger partial charge is 0.480 e. The van der Waals surface area contributed by atoms with Crippen LogP contribution in [0.5, 0.6) is 0 Å². The fourth-order valence-corrected chi connectivity index (χ4v) is 5.48. The molecule has 2 aliphatic rings. The number of alkyl halides is 3. The van der Waals surface area contributed by atoms with E-state index in [1.807, 2.05) is 20.8 Å². The molecule has 2 aromatic carbocycles. The van der Waals surface area contributed by atoms with Gasteiger partial charge in [-0.15, -0.1) is 0 Å². The molecule has 7 nitrogen and oxygen atoms in total. The van der Waals surface area contributed by atoms with Crippen molar-refractivity contribution in [2.45, 2.75) is 56.8 Å². The zero-order valence-electron chi connectivity index (χ0n) is 20.3. The molecule has 0 aliphatic carbocycles. The highest BCUT2D eigenvalue weighted by atomic mass is 35.5. The molecule has 38 heavy (non-hydrogen) atoms. The lowest BCUT2D eigenvalue weighted by atomic mass is 9.62. The van der Waals surface area contributed by atoms with Crippen molar-refractivity contribution in [2.24, 2.45) is 5.41 Å². The molecule has 0 unspecified atom stereocenters. The van der Waals surface area contributed by atoms with Gasteiger partial charge in [-0.2, -0.15) is 13.2 Å². The van der Waals surface area contributed by atoms with Crippen molar-refractivity contribution < 1.29 is 42.2 Å². The summed E-state index contributed by atoms with van der Waals surface area (Å²) in [4.78, 5) is 34.9. The summed E-state index contributed by atoms with van der Waals surface area (Å²) in [5.41, 5.74) is -0.167. The summed E-state index contributed by atoms with van der Waals surface area (Å²) >= 11 is 12.2. The topological polar surface area (TPSA) is 116 Å². The third kappa shape index (κ3) is 5.60. The van der Waals surface area contributed by atoms with E-state index in [9.17, 15) is 32.3 Å². The first-order chi connectivity index (χ1) is 17.4. The summed E-state index contributed by atoms with van der Waals surface area (Å²) in [6.45, 7) is 6.04.